The maximum absolute atomic E-state index is 13.0. The molecule has 5 heteroatoms. The lowest BCUT2D eigenvalue weighted by Crippen LogP contribution is -2.27. The first kappa shape index (κ1) is 16.9. The van der Waals surface area contributed by atoms with Gasteiger partial charge in [-0.1, -0.05) is 0 Å². The Kier molecular flexibility index (Phi) is 5.64. The lowest BCUT2D eigenvalue weighted by atomic mass is 9.91. The molecule has 0 saturated heterocycles. The van der Waals surface area contributed by atoms with Crippen LogP contribution in [0.3, 0.4) is 0 Å². The Bertz CT molecular complexity index is 547. The van der Waals surface area contributed by atoms with Crippen molar-refractivity contribution in [1.82, 2.24) is 5.32 Å². The van der Waals surface area contributed by atoms with Crippen LogP contribution in [-0.4, -0.2) is 18.5 Å². The first-order valence-corrected chi connectivity index (χ1v) is 6.70. The van der Waals surface area contributed by atoms with Crippen molar-refractivity contribution in [3.05, 3.63) is 41.7 Å². The molecule has 1 rings (SSSR count). The SMILES string of the molecule is CCOC(=O)C(C)(C)/C=C(\NC(C)=O)c1ccc(F)cc1. The van der Waals surface area contributed by atoms with Crippen LogP contribution in [0, 0.1) is 11.2 Å². The number of halogens is 1. The van der Waals surface area contributed by atoms with Gasteiger partial charge in [0.1, 0.15) is 5.82 Å². The minimum atomic E-state index is -0.915. The van der Waals surface area contributed by atoms with Gasteiger partial charge in [0.05, 0.1) is 12.0 Å². The standard InChI is InChI=1S/C16H20FNO3/c1-5-21-15(20)16(3,4)10-14(18-11(2)19)12-6-8-13(17)9-7-12/h6-10H,5H2,1-4H3,(H,18,19)/b14-10-. The minimum absolute atomic E-state index is 0.273. The average Bonchev–Trinajstić information content (AvgIpc) is 2.38. The zero-order valence-electron chi connectivity index (χ0n) is 12.7. The molecule has 1 aromatic rings. The maximum Gasteiger partial charge on any atom is 0.315 e. The molecule has 114 valence electrons. The number of ether oxygens (including phenoxy) is 1. The Morgan fingerprint density at radius 2 is 1.86 bits per heavy atom. The molecule has 0 atom stereocenters. The molecule has 0 aliphatic rings. The first-order chi connectivity index (χ1) is 9.76. The van der Waals surface area contributed by atoms with Gasteiger partial charge >= 0.3 is 5.97 Å². The topological polar surface area (TPSA) is 55.4 Å². The van der Waals surface area contributed by atoms with E-state index in [0.29, 0.717) is 11.3 Å². The summed E-state index contributed by atoms with van der Waals surface area (Å²) >= 11 is 0. The third-order valence-corrected chi connectivity index (χ3v) is 2.77. The number of hydrogen-bond acceptors (Lipinski definition) is 3. The minimum Gasteiger partial charge on any atom is -0.465 e. The van der Waals surface area contributed by atoms with E-state index in [2.05, 4.69) is 5.32 Å². The fraction of sp³-hybridized carbons (Fsp3) is 0.375. The summed E-state index contributed by atoms with van der Waals surface area (Å²) in [7, 11) is 0. The number of benzene rings is 1. The zero-order valence-corrected chi connectivity index (χ0v) is 12.7. The quantitative estimate of drug-likeness (QED) is 0.849. The summed E-state index contributed by atoms with van der Waals surface area (Å²) in [6.07, 6.45) is 1.61. The highest BCUT2D eigenvalue weighted by Crippen LogP contribution is 2.25. The van der Waals surface area contributed by atoms with E-state index in [1.54, 1.807) is 39.0 Å². The van der Waals surface area contributed by atoms with E-state index in [-0.39, 0.29) is 18.3 Å². The van der Waals surface area contributed by atoms with E-state index in [0.717, 1.165) is 0 Å². The van der Waals surface area contributed by atoms with Crippen LogP contribution in [-0.2, 0) is 14.3 Å². The normalized spacial score (nSPS) is 12.0. The molecular formula is C16H20FNO3. The van der Waals surface area contributed by atoms with Crippen LogP contribution in [0.2, 0.25) is 0 Å². The van der Waals surface area contributed by atoms with Gasteiger partial charge < -0.3 is 10.1 Å². The predicted octanol–water partition coefficient (Wildman–Crippen LogP) is 2.89. The highest BCUT2D eigenvalue weighted by Gasteiger charge is 2.27. The Morgan fingerprint density at radius 1 is 1.29 bits per heavy atom. The molecule has 0 radical (unpaired) electrons. The average molecular weight is 293 g/mol. The van der Waals surface area contributed by atoms with Crippen molar-refractivity contribution < 1.29 is 18.7 Å². The fourth-order valence-corrected chi connectivity index (χ4v) is 1.75. The van der Waals surface area contributed by atoms with Gasteiger partial charge in [-0.05, 0) is 56.7 Å². The van der Waals surface area contributed by atoms with Gasteiger partial charge in [0, 0.05) is 12.6 Å². The summed E-state index contributed by atoms with van der Waals surface area (Å²) in [5.41, 5.74) is 0.145. The van der Waals surface area contributed by atoms with Crippen molar-refractivity contribution in [1.29, 1.82) is 0 Å². The number of nitrogens with one attached hydrogen (secondary N) is 1. The molecule has 0 aromatic heterocycles. The summed E-state index contributed by atoms with van der Waals surface area (Å²) in [6.45, 7) is 6.76. The van der Waals surface area contributed by atoms with Crippen LogP contribution >= 0.6 is 0 Å². The van der Waals surface area contributed by atoms with Crippen molar-refractivity contribution >= 4 is 17.6 Å². The van der Waals surface area contributed by atoms with Crippen LogP contribution in [0.15, 0.2) is 30.3 Å². The Labute approximate surface area is 124 Å². The highest BCUT2D eigenvalue weighted by atomic mass is 19.1. The molecule has 21 heavy (non-hydrogen) atoms. The first-order valence-electron chi connectivity index (χ1n) is 6.70. The van der Waals surface area contributed by atoms with Crippen LogP contribution in [0.4, 0.5) is 4.39 Å². The maximum atomic E-state index is 13.0. The van der Waals surface area contributed by atoms with Gasteiger partial charge in [-0.2, -0.15) is 0 Å². The van der Waals surface area contributed by atoms with E-state index >= 15 is 0 Å². The summed E-state index contributed by atoms with van der Waals surface area (Å²) in [5, 5.41) is 2.66. The van der Waals surface area contributed by atoms with E-state index < -0.39 is 11.4 Å². The second-order valence-corrected chi connectivity index (χ2v) is 5.19. The molecule has 1 aromatic carbocycles. The fourth-order valence-electron chi connectivity index (χ4n) is 1.75. The molecule has 0 bridgehead atoms. The molecule has 1 amide bonds. The van der Waals surface area contributed by atoms with Gasteiger partial charge in [-0.15, -0.1) is 0 Å². The summed E-state index contributed by atoms with van der Waals surface area (Å²) in [5.74, 6) is -1.04. The monoisotopic (exact) mass is 293 g/mol. The third-order valence-electron chi connectivity index (χ3n) is 2.77. The van der Waals surface area contributed by atoms with Gasteiger partial charge in [-0.3, -0.25) is 9.59 Å². The molecule has 0 unspecified atom stereocenters. The number of hydrogen-bond donors (Lipinski definition) is 1. The lowest BCUT2D eigenvalue weighted by Gasteiger charge is -2.20. The van der Waals surface area contributed by atoms with Crippen LogP contribution < -0.4 is 5.32 Å². The Morgan fingerprint density at radius 3 is 2.33 bits per heavy atom. The summed E-state index contributed by atoms with van der Waals surface area (Å²) in [4.78, 5) is 23.3. The number of esters is 1. The third kappa shape index (κ3) is 5.02. The molecule has 0 heterocycles. The van der Waals surface area contributed by atoms with Crippen molar-refractivity contribution in [2.75, 3.05) is 6.61 Å². The largest absolute Gasteiger partial charge is 0.465 e. The Balaban J connectivity index is 3.17. The van der Waals surface area contributed by atoms with Gasteiger partial charge in [0.2, 0.25) is 5.91 Å². The molecule has 0 aliphatic carbocycles. The summed E-state index contributed by atoms with van der Waals surface area (Å²) < 4.78 is 18.0. The second-order valence-electron chi connectivity index (χ2n) is 5.19. The van der Waals surface area contributed by atoms with Crippen molar-refractivity contribution in [3.63, 3.8) is 0 Å². The molecule has 0 saturated carbocycles. The van der Waals surface area contributed by atoms with E-state index in [4.69, 9.17) is 4.74 Å². The van der Waals surface area contributed by atoms with E-state index in [1.807, 2.05) is 0 Å². The smallest absolute Gasteiger partial charge is 0.315 e. The number of carbonyl (C=O) groups excluding carboxylic acids is 2. The van der Waals surface area contributed by atoms with Gasteiger partial charge in [0.15, 0.2) is 0 Å². The number of rotatable bonds is 5. The number of amides is 1. The van der Waals surface area contributed by atoms with Gasteiger partial charge in [-0.25, -0.2) is 4.39 Å². The molecule has 1 N–H and O–H groups in total. The molecule has 0 aliphatic heterocycles. The zero-order chi connectivity index (χ0) is 16.0. The van der Waals surface area contributed by atoms with Crippen molar-refractivity contribution in [2.24, 2.45) is 5.41 Å². The lowest BCUT2D eigenvalue weighted by molar-refractivity contribution is -0.150. The van der Waals surface area contributed by atoms with Gasteiger partial charge in [0.25, 0.3) is 0 Å². The molecular weight excluding hydrogens is 273 g/mol. The highest BCUT2D eigenvalue weighted by molar-refractivity contribution is 5.87. The van der Waals surface area contributed by atoms with Crippen molar-refractivity contribution in [3.8, 4) is 0 Å². The van der Waals surface area contributed by atoms with E-state index in [9.17, 15) is 14.0 Å². The summed E-state index contributed by atoms with van der Waals surface area (Å²) in [6, 6.07) is 5.67. The molecule has 0 spiro atoms. The predicted molar refractivity (Wildman–Crippen MR) is 78.6 cm³/mol. The molecule has 0 fully saturated rings. The number of carbonyl (C=O) groups is 2. The van der Waals surface area contributed by atoms with Crippen LogP contribution in [0.1, 0.15) is 33.3 Å². The van der Waals surface area contributed by atoms with Crippen LogP contribution in [0.5, 0.6) is 0 Å². The molecule has 4 nitrogen and oxygen atoms in total. The Hall–Kier alpha value is -2.17. The van der Waals surface area contributed by atoms with Crippen LogP contribution in [0.25, 0.3) is 5.70 Å². The van der Waals surface area contributed by atoms with Crippen molar-refractivity contribution in [2.45, 2.75) is 27.7 Å². The second kappa shape index (κ2) is 7.02. The van der Waals surface area contributed by atoms with E-state index in [1.165, 1.54) is 19.1 Å².